The van der Waals surface area contributed by atoms with E-state index in [1.54, 1.807) is 19.0 Å². The molecular weight excluding hydrogens is 209 g/mol. The van der Waals surface area contributed by atoms with Gasteiger partial charge in [-0.3, -0.25) is 0 Å². The van der Waals surface area contributed by atoms with Gasteiger partial charge in [0.15, 0.2) is 0 Å². The second kappa shape index (κ2) is 4.25. The van der Waals surface area contributed by atoms with Crippen molar-refractivity contribution in [1.82, 2.24) is 9.62 Å². The first kappa shape index (κ1) is 12.7. The Balaban J connectivity index is 4.07. The van der Waals surface area contributed by atoms with Crippen molar-refractivity contribution in [3.05, 3.63) is 0 Å². The number of hydrogen-bond acceptors (Lipinski definition) is 3. The first-order chi connectivity index (χ1) is 5.67. The van der Waals surface area contributed by atoms with Gasteiger partial charge in [0.05, 0.1) is 0 Å². The predicted molar refractivity (Wildman–Crippen MR) is 41.5 cm³/mol. The van der Waals surface area contributed by atoms with Crippen LogP contribution in [-0.2, 0) is 10.0 Å². The minimum atomic E-state index is -5.22. The van der Waals surface area contributed by atoms with Crippen LogP contribution in [0.15, 0.2) is 0 Å². The molecule has 0 fully saturated rings. The van der Waals surface area contributed by atoms with E-state index in [9.17, 15) is 21.6 Å². The molecule has 0 spiro atoms. The van der Waals surface area contributed by atoms with Gasteiger partial charge in [-0.2, -0.15) is 13.2 Å². The van der Waals surface area contributed by atoms with Crippen molar-refractivity contribution >= 4 is 10.0 Å². The Morgan fingerprint density at radius 3 is 2.08 bits per heavy atom. The van der Waals surface area contributed by atoms with Gasteiger partial charge in [-0.15, -0.1) is 0 Å². The molecule has 0 aliphatic carbocycles. The van der Waals surface area contributed by atoms with Crippen LogP contribution in [0.4, 0.5) is 13.2 Å². The third-order valence-corrected chi connectivity index (χ3v) is 2.35. The minimum absolute atomic E-state index is 0.218. The molecule has 0 aliphatic heterocycles. The van der Waals surface area contributed by atoms with Gasteiger partial charge in [0.25, 0.3) is 0 Å². The van der Waals surface area contributed by atoms with Gasteiger partial charge >= 0.3 is 15.5 Å². The standard InChI is InChI=1S/C5H11F3N2O2S/c1-10(2)4-3-9-13(11,12)5(6,7)8/h9H,3-4H2,1-2H3. The monoisotopic (exact) mass is 220 g/mol. The van der Waals surface area contributed by atoms with E-state index in [0.29, 0.717) is 0 Å². The molecular formula is C5H11F3N2O2S. The second-order valence-corrected chi connectivity index (χ2v) is 4.41. The highest BCUT2D eigenvalue weighted by molar-refractivity contribution is 7.90. The van der Waals surface area contributed by atoms with Gasteiger partial charge in [0, 0.05) is 13.1 Å². The zero-order valence-electron chi connectivity index (χ0n) is 7.22. The zero-order valence-corrected chi connectivity index (χ0v) is 8.04. The van der Waals surface area contributed by atoms with E-state index in [1.807, 2.05) is 0 Å². The molecule has 0 heterocycles. The molecule has 0 bridgehead atoms. The Morgan fingerprint density at radius 2 is 1.77 bits per heavy atom. The average Bonchev–Trinajstić information content (AvgIpc) is 1.82. The second-order valence-electron chi connectivity index (χ2n) is 2.65. The van der Waals surface area contributed by atoms with Crippen molar-refractivity contribution in [2.24, 2.45) is 0 Å². The summed E-state index contributed by atoms with van der Waals surface area (Å²) in [4.78, 5) is 1.57. The normalized spacial score (nSPS) is 13.7. The van der Waals surface area contributed by atoms with Crippen LogP contribution >= 0.6 is 0 Å². The topological polar surface area (TPSA) is 49.4 Å². The Hall–Kier alpha value is -0.340. The van der Waals surface area contributed by atoms with Crippen LogP contribution < -0.4 is 4.72 Å². The summed E-state index contributed by atoms with van der Waals surface area (Å²) in [6.07, 6.45) is 0. The third kappa shape index (κ3) is 4.44. The summed E-state index contributed by atoms with van der Waals surface area (Å²) in [5.41, 5.74) is -5.22. The van der Waals surface area contributed by atoms with E-state index in [0.717, 1.165) is 0 Å². The Labute approximate surface area is 74.8 Å². The molecule has 80 valence electrons. The summed E-state index contributed by atoms with van der Waals surface area (Å²) >= 11 is 0. The summed E-state index contributed by atoms with van der Waals surface area (Å²) in [5, 5.41) is 0. The fraction of sp³-hybridized carbons (Fsp3) is 1.00. The lowest BCUT2D eigenvalue weighted by molar-refractivity contribution is -0.0447. The van der Waals surface area contributed by atoms with Crippen molar-refractivity contribution in [3.8, 4) is 0 Å². The molecule has 8 heteroatoms. The number of halogens is 3. The number of alkyl halides is 3. The van der Waals surface area contributed by atoms with Gasteiger partial charge in [0.1, 0.15) is 0 Å². The Bertz CT molecular complexity index is 247. The van der Waals surface area contributed by atoms with Crippen molar-refractivity contribution in [3.63, 3.8) is 0 Å². The highest BCUT2D eigenvalue weighted by Gasteiger charge is 2.45. The van der Waals surface area contributed by atoms with Crippen LogP contribution in [0.3, 0.4) is 0 Å². The van der Waals surface area contributed by atoms with E-state index in [1.165, 1.54) is 4.72 Å². The third-order valence-electron chi connectivity index (χ3n) is 1.16. The summed E-state index contributed by atoms with van der Waals surface area (Å²) < 4.78 is 57.3. The van der Waals surface area contributed by atoms with Crippen molar-refractivity contribution in [2.45, 2.75) is 5.51 Å². The molecule has 0 unspecified atom stereocenters. The van der Waals surface area contributed by atoms with Crippen LogP contribution in [0.5, 0.6) is 0 Å². The summed E-state index contributed by atoms with van der Waals surface area (Å²) in [6, 6.07) is 0. The molecule has 0 aromatic heterocycles. The molecule has 0 rings (SSSR count). The smallest absolute Gasteiger partial charge is 0.308 e. The van der Waals surface area contributed by atoms with Crippen molar-refractivity contribution in [2.75, 3.05) is 27.2 Å². The van der Waals surface area contributed by atoms with E-state index >= 15 is 0 Å². The largest absolute Gasteiger partial charge is 0.511 e. The van der Waals surface area contributed by atoms with Gasteiger partial charge in [-0.05, 0) is 14.1 Å². The molecule has 0 atom stereocenters. The van der Waals surface area contributed by atoms with E-state index in [4.69, 9.17) is 0 Å². The van der Waals surface area contributed by atoms with E-state index in [2.05, 4.69) is 0 Å². The number of hydrogen-bond donors (Lipinski definition) is 1. The molecule has 0 radical (unpaired) electrons. The van der Waals surface area contributed by atoms with Gasteiger partial charge in [-0.25, -0.2) is 13.1 Å². The first-order valence-corrected chi connectivity index (χ1v) is 4.86. The van der Waals surface area contributed by atoms with Crippen LogP contribution in [0.1, 0.15) is 0 Å². The summed E-state index contributed by atoms with van der Waals surface area (Å²) in [6.45, 7) is -0.0375. The van der Waals surface area contributed by atoms with Crippen LogP contribution in [0, 0.1) is 0 Å². The Morgan fingerprint density at radius 1 is 1.31 bits per heavy atom. The lowest BCUT2D eigenvalue weighted by Crippen LogP contribution is -2.39. The molecule has 0 amide bonds. The quantitative estimate of drug-likeness (QED) is 0.724. The average molecular weight is 220 g/mol. The van der Waals surface area contributed by atoms with Gasteiger partial charge < -0.3 is 4.90 Å². The number of nitrogens with one attached hydrogen (secondary N) is 1. The van der Waals surface area contributed by atoms with Crippen molar-refractivity contribution in [1.29, 1.82) is 0 Å². The SMILES string of the molecule is CN(C)CCNS(=O)(=O)C(F)(F)F. The number of rotatable bonds is 4. The lowest BCUT2D eigenvalue weighted by atomic mass is 10.6. The van der Waals surface area contributed by atoms with Crippen LogP contribution in [-0.4, -0.2) is 46.0 Å². The number of nitrogens with zero attached hydrogens (tertiary/aromatic N) is 1. The van der Waals surface area contributed by atoms with Crippen LogP contribution in [0.2, 0.25) is 0 Å². The number of likely N-dealkylation sites (N-methyl/N-ethyl adjacent to an activating group) is 1. The predicted octanol–water partition coefficient (Wildman–Crippen LogP) is -0.0128. The lowest BCUT2D eigenvalue weighted by Gasteiger charge is -2.12. The molecule has 0 aromatic rings. The molecule has 0 aliphatic rings. The maximum absolute atomic E-state index is 11.7. The summed E-state index contributed by atoms with van der Waals surface area (Å²) in [5.74, 6) is 0. The molecule has 0 saturated carbocycles. The molecule has 4 nitrogen and oxygen atoms in total. The Kier molecular flexibility index (Phi) is 4.14. The highest BCUT2D eigenvalue weighted by atomic mass is 32.2. The highest BCUT2D eigenvalue weighted by Crippen LogP contribution is 2.21. The summed E-state index contributed by atoms with van der Waals surface area (Å²) in [7, 11) is -1.92. The van der Waals surface area contributed by atoms with Gasteiger partial charge in [-0.1, -0.05) is 0 Å². The van der Waals surface area contributed by atoms with Gasteiger partial charge in [0.2, 0.25) is 0 Å². The van der Waals surface area contributed by atoms with Crippen LogP contribution in [0.25, 0.3) is 0 Å². The molecule has 1 N–H and O–H groups in total. The minimum Gasteiger partial charge on any atom is -0.308 e. The van der Waals surface area contributed by atoms with E-state index < -0.39 is 15.5 Å². The van der Waals surface area contributed by atoms with Crippen molar-refractivity contribution < 1.29 is 21.6 Å². The first-order valence-electron chi connectivity index (χ1n) is 3.37. The molecule has 0 saturated heterocycles. The fourth-order valence-electron chi connectivity index (χ4n) is 0.485. The number of sulfonamides is 1. The molecule has 13 heavy (non-hydrogen) atoms. The maximum atomic E-state index is 11.7. The molecule has 0 aromatic carbocycles. The maximum Gasteiger partial charge on any atom is 0.511 e. The van der Waals surface area contributed by atoms with E-state index in [-0.39, 0.29) is 13.1 Å². The fourth-order valence-corrected chi connectivity index (χ4v) is 1.01. The zero-order chi connectivity index (χ0) is 10.7.